The Bertz CT molecular complexity index is 1110. The van der Waals surface area contributed by atoms with E-state index < -0.39 is 17.6 Å². The molecule has 0 atom stereocenters. The van der Waals surface area contributed by atoms with Gasteiger partial charge < -0.3 is 16.6 Å². The van der Waals surface area contributed by atoms with Crippen molar-refractivity contribution in [2.45, 2.75) is 20.0 Å². The van der Waals surface area contributed by atoms with Crippen molar-refractivity contribution >= 4 is 11.6 Å². The number of aromatic nitrogens is 1. The molecule has 0 saturated carbocycles. The molecule has 3 rings (SSSR count). The molecule has 1 amide bonds. The van der Waals surface area contributed by atoms with Gasteiger partial charge in [-0.3, -0.25) is 4.79 Å². The van der Waals surface area contributed by atoms with E-state index in [9.17, 15) is 23.1 Å². The first-order valence-electron chi connectivity index (χ1n) is 8.58. The summed E-state index contributed by atoms with van der Waals surface area (Å²) < 4.78 is 38.5. The molecule has 5 nitrogen and oxygen atoms in total. The fraction of sp³-hybridized carbons (Fsp3) is 0.143. The Labute approximate surface area is 164 Å². The second-order valence-electron chi connectivity index (χ2n) is 6.66. The summed E-state index contributed by atoms with van der Waals surface area (Å²) in [6.45, 7) is 3.50. The van der Waals surface area contributed by atoms with Crippen molar-refractivity contribution < 1.29 is 23.1 Å². The molecule has 3 aromatic rings. The van der Waals surface area contributed by atoms with Crippen LogP contribution in [0.3, 0.4) is 0 Å². The van der Waals surface area contributed by atoms with Gasteiger partial charge in [0.2, 0.25) is 0 Å². The molecule has 2 aromatic carbocycles. The molecule has 0 unspecified atom stereocenters. The van der Waals surface area contributed by atoms with Gasteiger partial charge in [-0.15, -0.1) is 0 Å². The van der Waals surface area contributed by atoms with Crippen LogP contribution >= 0.6 is 0 Å². The number of hydrogen-bond donors (Lipinski definition) is 3. The van der Waals surface area contributed by atoms with Crippen LogP contribution in [-0.4, -0.2) is 16.0 Å². The SMILES string of the molecule is Cc1ccc(O)c(C)c1-c1cc(-c2ccc(C(F)(F)F)cc2)nc(C(N)=O)c1N. The Morgan fingerprint density at radius 1 is 1.07 bits per heavy atom. The lowest BCUT2D eigenvalue weighted by molar-refractivity contribution is -0.137. The van der Waals surface area contributed by atoms with Crippen LogP contribution in [0, 0.1) is 13.8 Å². The van der Waals surface area contributed by atoms with Crippen molar-refractivity contribution in [3.63, 3.8) is 0 Å². The van der Waals surface area contributed by atoms with Gasteiger partial charge in [-0.25, -0.2) is 4.98 Å². The number of anilines is 1. The third-order valence-electron chi connectivity index (χ3n) is 4.71. The van der Waals surface area contributed by atoms with Gasteiger partial charge in [-0.05, 0) is 54.8 Å². The quantitative estimate of drug-likeness (QED) is 0.604. The summed E-state index contributed by atoms with van der Waals surface area (Å²) in [5.74, 6) is -0.827. The maximum atomic E-state index is 12.8. The number of rotatable bonds is 3. The largest absolute Gasteiger partial charge is 0.508 e. The number of pyridine rings is 1. The van der Waals surface area contributed by atoms with E-state index in [-0.39, 0.29) is 22.8 Å². The predicted octanol–water partition coefficient (Wildman–Crippen LogP) is 4.44. The molecule has 0 aliphatic carbocycles. The van der Waals surface area contributed by atoms with Crippen LogP contribution in [0.5, 0.6) is 5.75 Å². The third-order valence-corrected chi connectivity index (χ3v) is 4.71. The zero-order valence-corrected chi connectivity index (χ0v) is 15.6. The number of halogens is 3. The minimum Gasteiger partial charge on any atom is -0.508 e. The van der Waals surface area contributed by atoms with Crippen molar-refractivity contribution in [3.8, 4) is 28.1 Å². The van der Waals surface area contributed by atoms with Gasteiger partial charge in [0.25, 0.3) is 5.91 Å². The summed E-state index contributed by atoms with van der Waals surface area (Å²) in [5, 5.41) is 10.1. The minimum atomic E-state index is -4.47. The lowest BCUT2D eigenvalue weighted by atomic mass is 9.92. The molecule has 0 bridgehead atoms. The average Bonchev–Trinajstić information content (AvgIpc) is 2.65. The molecule has 0 aliphatic rings. The highest BCUT2D eigenvalue weighted by Crippen LogP contribution is 2.39. The summed E-state index contributed by atoms with van der Waals surface area (Å²) in [6.07, 6.45) is -4.47. The molecule has 0 fully saturated rings. The van der Waals surface area contributed by atoms with Gasteiger partial charge in [0.15, 0.2) is 5.69 Å². The van der Waals surface area contributed by atoms with Crippen LogP contribution in [0.2, 0.25) is 0 Å². The number of aryl methyl sites for hydroxylation is 1. The molecule has 29 heavy (non-hydrogen) atoms. The second-order valence-corrected chi connectivity index (χ2v) is 6.66. The van der Waals surface area contributed by atoms with E-state index in [2.05, 4.69) is 4.98 Å². The molecule has 0 aliphatic heterocycles. The monoisotopic (exact) mass is 401 g/mol. The number of amides is 1. The first kappa shape index (κ1) is 20.2. The highest BCUT2D eigenvalue weighted by Gasteiger charge is 2.30. The van der Waals surface area contributed by atoms with Gasteiger partial charge in [-0.1, -0.05) is 18.2 Å². The second kappa shape index (κ2) is 7.12. The predicted molar refractivity (Wildman–Crippen MR) is 104 cm³/mol. The van der Waals surface area contributed by atoms with Gasteiger partial charge in [-0.2, -0.15) is 13.2 Å². The Balaban J connectivity index is 2.26. The molecular weight excluding hydrogens is 383 g/mol. The molecule has 8 heteroatoms. The Kier molecular flexibility index (Phi) is 4.96. The number of phenols is 1. The van der Waals surface area contributed by atoms with Gasteiger partial charge in [0.05, 0.1) is 16.9 Å². The number of phenolic OH excluding ortho intramolecular Hbond substituents is 1. The molecule has 0 spiro atoms. The normalized spacial score (nSPS) is 11.5. The van der Waals surface area contributed by atoms with E-state index in [1.807, 2.05) is 6.92 Å². The number of carbonyl (C=O) groups excluding carboxylic acids is 1. The Morgan fingerprint density at radius 3 is 2.24 bits per heavy atom. The summed E-state index contributed by atoms with van der Waals surface area (Å²) >= 11 is 0. The third kappa shape index (κ3) is 3.73. The fourth-order valence-corrected chi connectivity index (χ4v) is 3.18. The maximum absolute atomic E-state index is 12.8. The lowest BCUT2D eigenvalue weighted by Gasteiger charge is -2.17. The van der Waals surface area contributed by atoms with E-state index in [0.717, 1.165) is 17.7 Å². The van der Waals surface area contributed by atoms with Crippen molar-refractivity contribution in [3.05, 3.63) is 64.8 Å². The Hall–Kier alpha value is -3.55. The first-order chi connectivity index (χ1) is 13.5. The average molecular weight is 401 g/mol. The number of primary amides is 1. The van der Waals surface area contributed by atoms with Crippen LogP contribution in [0.25, 0.3) is 22.4 Å². The number of hydrogen-bond acceptors (Lipinski definition) is 4. The van der Waals surface area contributed by atoms with E-state index in [0.29, 0.717) is 22.3 Å². The summed E-state index contributed by atoms with van der Waals surface area (Å²) in [4.78, 5) is 16.1. The van der Waals surface area contributed by atoms with Crippen LogP contribution in [0.4, 0.5) is 18.9 Å². The molecule has 150 valence electrons. The number of benzene rings is 2. The standard InChI is InChI=1S/C21H18F3N3O2/c1-10-3-8-16(28)11(2)17(10)14-9-15(27-19(18(14)25)20(26)29)12-4-6-13(7-5-12)21(22,23)24/h3-9,28H,25H2,1-2H3,(H2,26,29). The molecule has 0 saturated heterocycles. The van der Waals surface area contributed by atoms with Crippen molar-refractivity contribution in [2.75, 3.05) is 5.73 Å². The minimum absolute atomic E-state index is 0.0324. The first-order valence-corrected chi connectivity index (χ1v) is 8.58. The van der Waals surface area contributed by atoms with Crippen LogP contribution in [-0.2, 0) is 6.18 Å². The highest BCUT2D eigenvalue weighted by atomic mass is 19.4. The van der Waals surface area contributed by atoms with E-state index >= 15 is 0 Å². The van der Waals surface area contributed by atoms with E-state index in [4.69, 9.17) is 11.5 Å². The van der Waals surface area contributed by atoms with Gasteiger partial charge in [0, 0.05) is 11.1 Å². The molecule has 0 radical (unpaired) electrons. The number of nitrogen functional groups attached to an aromatic ring is 1. The topological polar surface area (TPSA) is 102 Å². The fourth-order valence-electron chi connectivity index (χ4n) is 3.18. The lowest BCUT2D eigenvalue weighted by Crippen LogP contribution is -2.17. The van der Waals surface area contributed by atoms with E-state index in [1.165, 1.54) is 18.2 Å². The van der Waals surface area contributed by atoms with Crippen molar-refractivity contribution in [2.24, 2.45) is 5.73 Å². The van der Waals surface area contributed by atoms with Gasteiger partial charge in [0.1, 0.15) is 5.75 Å². The van der Waals surface area contributed by atoms with E-state index in [1.54, 1.807) is 19.1 Å². The zero-order chi connectivity index (χ0) is 21.5. The molecular formula is C21H18F3N3O2. The number of nitrogens with zero attached hydrogens (tertiary/aromatic N) is 1. The number of nitrogens with two attached hydrogens (primary N) is 2. The van der Waals surface area contributed by atoms with Crippen molar-refractivity contribution in [1.29, 1.82) is 0 Å². The summed E-state index contributed by atoms with van der Waals surface area (Å²) in [6, 6.07) is 9.19. The van der Waals surface area contributed by atoms with Gasteiger partial charge >= 0.3 is 6.18 Å². The number of alkyl halides is 3. The van der Waals surface area contributed by atoms with Crippen LogP contribution in [0.1, 0.15) is 27.2 Å². The molecule has 5 N–H and O–H groups in total. The summed E-state index contributed by atoms with van der Waals surface area (Å²) in [5.41, 5.74) is 13.5. The van der Waals surface area contributed by atoms with Crippen molar-refractivity contribution in [1.82, 2.24) is 4.98 Å². The maximum Gasteiger partial charge on any atom is 0.416 e. The zero-order valence-electron chi connectivity index (χ0n) is 15.6. The molecule has 1 heterocycles. The van der Waals surface area contributed by atoms with Crippen LogP contribution in [0.15, 0.2) is 42.5 Å². The van der Waals surface area contributed by atoms with Crippen LogP contribution < -0.4 is 11.5 Å². The highest BCUT2D eigenvalue weighted by molar-refractivity contribution is 6.01. The summed E-state index contributed by atoms with van der Waals surface area (Å²) in [7, 11) is 0. The smallest absolute Gasteiger partial charge is 0.416 e. The Morgan fingerprint density at radius 2 is 1.69 bits per heavy atom. The molecule has 1 aromatic heterocycles. The number of aromatic hydroxyl groups is 1. The number of carbonyl (C=O) groups is 1.